The predicted molar refractivity (Wildman–Crippen MR) is 66.0 cm³/mol. The molecule has 0 aromatic heterocycles. The molecular formula is C13H15ClO3. The maximum Gasteiger partial charge on any atom is 0.316 e. The van der Waals surface area contributed by atoms with Gasteiger partial charge in [-0.2, -0.15) is 0 Å². The number of ether oxygens (including phenoxy) is 1. The summed E-state index contributed by atoms with van der Waals surface area (Å²) in [6.07, 6.45) is 0.195. The fourth-order valence-electron chi connectivity index (χ4n) is 1.40. The van der Waals surface area contributed by atoms with Crippen LogP contribution >= 0.6 is 11.6 Å². The second-order valence-corrected chi connectivity index (χ2v) is 4.18. The average molecular weight is 255 g/mol. The standard InChI is InChI=1S/C13H15ClO3/c1-3-17-13(16)9(2)12(15)8-10-5-4-6-11(14)7-10/h4-7,9H,3,8H2,1-2H3. The van der Waals surface area contributed by atoms with Crippen LogP contribution in [0.4, 0.5) is 0 Å². The number of halogens is 1. The number of esters is 1. The van der Waals surface area contributed by atoms with E-state index in [1.54, 1.807) is 32.0 Å². The first-order valence-electron chi connectivity index (χ1n) is 5.48. The number of hydrogen-bond acceptors (Lipinski definition) is 3. The van der Waals surface area contributed by atoms with Gasteiger partial charge >= 0.3 is 5.97 Å². The highest BCUT2D eigenvalue weighted by atomic mass is 35.5. The Morgan fingerprint density at radius 3 is 2.71 bits per heavy atom. The van der Waals surface area contributed by atoms with Crippen molar-refractivity contribution in [1.82, 2.24) is 0 Å². The normalized spacial score (nSPS) is 11.9. The Labute approximate surface area is 106 Å². The van der Waals surface area contributed by atoms with Crippen molar-refractivity contribution in [3.63, 3.8) is 0 Å². The molecule has 0 bridgehead atoms. The highest BCUT2D eigenvalue weighted by molar-refractivity contribution is 6.30. The number of Topliss-reactive ketones (excluding diaryl/α,β-unsaturated/α-hetero) is 1. The summed E-state index contributed by atoms with van der Waals surface area (Å²) in [6.45, 7) is 3.56. The molecule has 1 unspecified atom stereocenters. The molecule has 17 heavy (non-hydrogen) atoms. The number of hydrogen-bond donors (Lipinski definition) is 0. The molecule has 0 amide bonds. The molecular weight excluding hydrogens is 240 g/mol. The lowest BCUT2D eigenvalue weighted by molar-refractivity contribution is -0.150. The lowest BCUT2D eigenvalue weighted by Gasteiger charge is -2.09. The topological polar surface area (TPSA) is 43.4 Å². The van der Waals surface area contributed by atoms with Gasteiger partial charge in [0, 0.05) is 11.4 Å². The van der Waals surface area contributed by atoms with E-state index in [0.717, 1.165) is 5.56 Å². The first-order valence-corrected chi connectivity index (χ1v) is 5.86. The van der Waals surface area contributed by atoms with E-state index in [-0.39, 0.29) is 18.8 Å². The number of ketones is 1. The molecule has 0 heterocycles. The molecule has 0 saturated carbocycles. The Bertz CT molecular complexity index is 415. The average Bonchev–Trinajstić information content (AvgIpc) is 2.28. The molecule has 0 radical (unpaired) electrons. The van der Waals surface area contributed by atoms with Gasteiger partial charge in [0.05, 0.1) is 6.61 Å². The van der Waals surface area contributed by atoms with Crippen molar-refractivity contribution >= 4 is 23.4 Å². The fourth-order valence-corrected chi connectivity index (χ4v) is 1.61. The molecule has 1 aromatic rings. The molecule has 0 fully saturated rings. The SMILES string of the molecule is CCOC(=O)C(C)C(=O)Cc1cccc(Cl)c1. The van der Waals surface area contributed by atoms with Gasteiger partial charge in [0.25, 0.3) is 0 Å². The summed E-state index contributed by atoms with van der Waals surface area (Å²) in [5.41, 5.74) is 0.804. The number of carbonyl (C=O) groups excluding carboxylic acids is 2. The third kappa shape index (κ3) is 4.19. The molecule has 92 valence electrons. The third-order valence-corrected chi connectivity index (χ3v) is 2.63. The summed E-state index contributed by atoms with van der Waals surface area (Å²) in [5.74, 6) is -1.36. The van der Waals surface area contributed by atoms with Gasteiger partial charge in [-0.05, 0) is 31.5 Å². The minimum atomic E-state index is -0.728. The van der Waals surface area contributed by atoms with Crippen molar-refractivity contribution in [3.05, 3.63) is 34.9 Å². The first kappa shape index (κ1) is 13.7. The Hall–Kier alpha value is -1.35. The van der Waals surface area contributed by atoms with Crippen LogP contribution in [-0.2, 0) is 20.7 Å². The van der Waals surface area contributed by atoms with Crippen molar-refractivity contribution in [2.24, 2.45) is 5.92 Å². The Morgan fingerprint density at radius 2 is 2.12 bits per heavy atom. The molecule has 0 saturated heterocycles. The number of benzene rings is 1. The van der Waals surface area contributed by atoms with Gasteiger partial charge in [-0.25, -0.2) is 0 Å². The van der Waals surface area contributed by atoms with E-state index >= 15 is 0 Å². The quantitative estimate of drug-likeness (QED) is 0.599. The van der Waals surface area contributed by atoms with Crippen LogP contribution in [0.15, 0.2) is 24.3 Å². The minimum Gasteiger partial charge on any atom is -0.465 e. The summed E-state index contributed by atoms with van der Waals surface area (Å²) in [4.78, 5) is 23.2. The van der Waals surface area contributed by atoms with Crippen LogP contribution in [0.1, 0.15) is 19.4 Å². The van der Waals surface area contributed by atoms with Gasteiger partial charge < -0.3 is 4.74 Å². The summed E-state index contributed by atoms with van der Waals surface area (Å²) in [6, 6.07) is 7.04. The van der Waals surface area contributed by atoms with E-state index in [1.807, 2.05) is 6.07 Å². The number of rotatable bonds is 5. The molecule has 1 rings (SSSR count). The minimum absolute atomic E-state index is 0.161. The summed E-state index contributed by atoms with van der Waals surface area (Å²) in [5, 5.41) is 0.582. The summed E-state index contributed by atoms with van der Waals surface area (Å²) >= 11 is 5.82. The van der Waals surface area contributed by atoms with Gasteiger partial charge in [-0.15, -0.1) is 0 Å². The van der Waals surface area contributed by atoms with Crippen LogP contribution in [0.5, 0.6) is 0 Å². The Balaban J connectivity index is 2.63. The van der Waals surface area contributed by atoms with E-state index < -0.39 is 11.9 Å². The van der Waals surface area contributed by atoms with Gasteiger partial charge in [-0.1, -0.05) is 23.7 Å². The maximum absolute atomic E-state index is 11.8. The zero-order chi connectivity index (χ0) is 12.8. The molecule has 0 spiro atoms. The largest absolute Gasteiger partial charge is 0.465 e. The van der Waals surface area contributed by atoms with Gasteiger partial charge in [0.2, 0.25) is 0 Å². The van der Waals surface area contributed by atoms with Gasteiger partial charge in [0.1, 0.15) is 5.92 Å². The molecule has 0 aliphatic carbocycles. The molecule has 1 atom stereocenters. The number of carbonyl (C=O) groups is 2. The second kappa shape index (κ2) is 6.40. The molecule has 4 heteroatoms. The van der Waals surface area contributed by atoms with Crippen molar-refractivity contribution in [2.45, 2.75) is 20.3 Å². The molecule has 0 aliphatic heterocycles. The van der Waals surface area contributed by atoms with E-state index in [2.05, 4.69) is 0 Å². The lowest BCUT2D eigenvalue weighted by atomic mass is 10.00. The van der Waals surface area contributed by atoms with Crippen molar-refractivity contribution in [3.8, 4) is 0 Å². The van der Waals surface area contributed by atoms with E-state index in [0.29, 0.717) is 5.02 Å². The van der Waals surface area contributed by atoms with Crippen LogP contribution in [0.25, 0.3) is 0 Å². The van der Waals surface area contributed by atoms with Gasteiger partial charge in [-0.3, -0.25) is 9.59 Å². The zero-order valence-electron chi connectivity index (χ0n) is 9.90. The summed E-state index contributed by atoms with van der Waals surface area (Å²) < 4.78 is 4.80. The van der Waals surface area contributed by atoms with Gasteiger partial charge in [0.15, 0.2) is 5.78 Å². The van der Waals surface area contributed by atoms with E-state index in [9.17, 15) is 9.59 Å². The van der Waals surface area contributed by atoms with Crippen LogP contribution in [0.3, 0.4) is 0 Å². The highest BCUT2D eigenvalue weighted by Gasteiger charge is 2.22. The maximum atomic E-state index is 11.8. The first-order chi connectivity index (χ1) is 8.04. The predicted octanol–water partition coefficient (Wildman–Crippen LogP) is 2.65. The highest BCUT2D eigenvalue weighted by Crippen LogP contribution is 2.13. The molecule has 0 aliphatic rings. The van der Waals surface area contributed by atoms with Crippen LogP contribution in [0.2, 0.25) is 5.02 Å². The smallest absolute Gasteiger partial charge is 0.316 e. The Morgan fingerprint density at radius 1 is 1.41 bits per heavy atom. The fraction of sp³-hybridized carbons (Fsp3) is 0.385. The van der Waals surface area contributed by atoms with Crippen molar-refractivity contribution in [1.29, 1.82) is 0 Å². The Kier molecular flexibility index (Phi) is 5.16. The third-order valence-electron chi connectivity index (χ3n) is 2.39. The second-order valence-electron chi connectivity index (χ2n) is 3.75. The van der Waals surface area contributed by atoms with Crippen molar-refractivity contribution in [2.75, 3.05) is 6.61 Å². The molecule has 3 nitrogen and oxygen atoms in total. The van der Waals surface area contributed by atoms with E-state index in [4.69, 9.17) is 16.3 Å². The van der Waals surface area contributed by atoms with E-state index in [1.165, 1.54) is 0 Å². The zero-order valence-corrected chi connectivity index (χ0v) is 10.7. The summed E-state index contributed by atoms with van der Waals surface area (Å²) in [7, 11) is 0. The van der Waals surface area contributed by atoms with Crippen LogP contribution < -0.4 is 0 Å². The van der Waals surface area contributed by atoms with Crippen molar-refractivity contribution < 1.29 is 14.3 Å². The van der Waals surface area contributed by atoms with Crippen LogP contribution in [0, 0.1) is 5.92 Å². The molecule has 1 aromatic carbocycles. The van der Waals surface area contributed by atoms with Crippen LogP contribution in [-0.4, -0.2) is 18.4 Å². The molecule has 0 N–H and O–H groups in total. The monoisotopic (exact) mass is 254 g/mol. The lowest BCUT2D eigenvalue weighted by Crippen LogP contribution is -2.24.